The number of alkyl halides is 3. The number of methoxy groups -OCH3 is 1. The number of ether oxygens (including phenoxy) is 1. The lowest BCUT2D eigenvalue weighted by molar-refractivity contribution is -0.137. The van der Waals surface area contributed by atoms with Gasteiger partial charge in [-0.05, 0) is 82.8 Å². The molecule has 1 fully saturated rings. The third-order valence-electron chi connectivity index (χ3n) is 7.82. The topological polar surface area (TPSA) is 77.9 Å². The van der Waals surface area contributed by atoms with Crippen molar-refractivity contribution in [1.82, 2.24) is 14.8 Å². The van der Waals surface area contributed by atoms with E-state index in [1.807, 2.05) is 6.92 Å². The van der Waals surface area contributed by atoms with E-state index in [1.54, 1.807) is 0 Å². The molecule has 0 saturated carbocycles. The van der Waals surface area contributed by atoms with Crippen LogP contribution in [0.5, 0.6) is 5.75 Å². The van der Waals surface area contributed by atoms with Crippen LogP contribution >= 0.6 is 0 Å². The zero-order valence-corrected chi connectivity index (χ0v) is 23.4. The van der Waals surface area contributed by atoms with E-state index in [1.165, 1.54) is 12.7 Å². The summed E-state index contributed by atoms with van der Waals surface area (Å²) in [6.07, 6.45) is 2.85. The highest BCUT2D eigenvalue weighted by Crippen LogP contribution is 2.39. The molecule has 1 saturated heterocycles. The number of carbonyl (C=O) groups is 1. The Hall–Kier alpha value is -2.92. The number of unbranched alkanes of at least 4 members (excludes halogenated alkanes) is 2. The fourth-order valence-electron chi connectivity index (χ4n) is 5.52. The van der Waals surface area contributed by atoms with Gasteiger partial charge < -0.3 is 20.1 Å². The normalized spacial score (nSPS) is 17.9. The number of pyridine rings is 1. The van der Waals surface area contributed by atoms with E-state index in [2.05, 4.69) is 34.3 Å². The summed E-state index contributed by atoms with van der Waals surface area (Å²) in [6.45, 7) is 5.01. The van der Waals surface area contributed by atoms with Crippen molar-refractivity contribution in [2.45, 2.75) is 70.1 Å². The molecule has 3 heterocycles. The largest absolute Gasteiger partial charge is 0.493 e. The Kier molecular flexibility index (Phi) is 11.6. The fourth-order valence-corrected chi connectivity index (χ4v) is 5.52. The monoisotopic (exact) mass is 568 g/mol. The van der Waals surface area contributed by atoms with Crippen molar-refractivity contribution in [3.63, 3.8) is 0 Å². The molecule has 2 aliphatic rings. The lowest BCUT2D eigenvalue weighted by Crippen LogP contribution is -2.36. The van der Waals surface area contributed by atoms with Crippen LogP contribution in [0.15, 0.2) is 24.3 Å². The van der Waals surface area contributed by atoms with Gasteiger partial charge >= 0.3 is 6.18 Å². The van der Waals surface area contributed by atoms with Crippen LogP contribution in [0.3, 0.4) is 0 Å². The van der Waals surface area contributed by atoms with Gasteiger partial charge in [0.2, 0.25) is 0 Å². The van der Waals surface area contributed by atoms with E-state index < -0.39 is 17.6 Å². The van der Waals surface area contributed by atoms with Gasteiger partial charge in [0, 0.05) is 43.0 Å². The molecule has 40 heavy (non-hydrogen) atoms. The Balaban J connectivity index is 0.00000141. The summed E-state index contributed by atoms with van der Waals surface area (Å²) in [7, 11) is 3.40. The van der Waals surface area contributed by atoms with Crippen LogP contribution < -0.4 is 10.1 Å². The maximum atomic E-state index is 14.4. The third kappa shape index (κ3) is 8.30. The number of likely N-dealkylation sites (tertiary alicyclic amines) is 1. The third-order valence-corrected chi connectivity index (χ3v) is 7.82. The summed E-state index contributed by atoms with van der Waals surface area (Å²) < 4.78 is 59.5. The predicted molar refractivity (Wildman–Crippen MR) is 146 cm³/mol. The Morgan fingerprint density at radius 1 is 1.27 bits per heavy atom. The number of rotatable bonds is 10. The second-order valence-corrected chi connectivity index (χ2v) is 10.4. The van der Waals surface area contributed by atoms with Gasteiger partial charge in [-0.25, -0.2) is 9.37 Å². The number of anilines is 1. The Morgan fingerprint density at radius 2 is 2.02 bits per heavy atom. The van der Waals surface area contributed by atoms with Gasteiger partial charge in [-0.1, -0.05) is 12.5 Å². The SMILES string of the molecule is COc1c(F)cc(C(F)(F)F)cc1C(C)N1CCC(N(C)CCCCCc2ccc3c(n2)NCCC3)C1.O=CO. The van der Waals surface area contributed by atoms with Gasteiger partial charge in [-0.3, -0.25) is 9.69 Å². The molecule has 0 amide bonds. The minimum absolute atomic E-state index is 0.110. The first-order valence-corrected chi connectivity index (χ1v) is 13.8. The van der Waals surface area contributed by atoms with Crippen LogP contribution in [-0.4, -0.2) is 72.7 Å². The first-order chi connectivity index (χ1) is 19.1. The number of aromatic nitrogens is 1. The standard InChI is InChI=1S/C28H38F4N4O.CH2O2/c1-19(24-16-21(28(30,31)32)17-25(29)26(24)37-3)36-15-12-23(18-36)35(2)14-6-4-5-9-22-11-10-20-8-7-13-33-27(20)34-22;2-1-3/h10-11,16-17,19,23H,4-9,12-15,18H2,1-3H3,(H,33,34);1H,(H,2,3). The molecule has 2 unspecified atom stereocenters. The van der Waals surface area contributed by atoms with E-state index in [0.717, 1.165) is 88.7 Å². The van der Waals surface area contributed by atoms with Gasteiger partial charge in [0.25, 0.3) is 6.47 Å². The first kappa shape index (κ1) is 31.6. The zero-order chi connectivity index (χ0) is 29.3. The van der Waals surface area contributed by atoms with E-state index in [9.17, 15) is 17.6 Å². The van der Waals surface area contributed by atoms with Gasteiger partial charge in [0.15, 0.2) is 11.6 Å². The molecule has 4 rings (SSSR count). The second-order valence-electron chi connectivity index (χ2n) is 10.4. The van der Waals surface area contributed by atoms with Crippen LogP contribution in [0.2, 0.25) is 0 Å². The molecule has 1 aromatic carbocycles. The number of aryl methyl sites for hydroxylation is 2. The number of carboxylic acid groups (broad SMARTS) is 1. The molecule has 0 aliphatic carbocycles. The Bertz CT molecular complexity index is 1120. The quantitative estimate of drug-likeness (QED) is 0.214. The summed E-state index contributed by atoms with van der Waals surface area (Å²) in [5, 5.41) is 10.3. The van der Waals surface area contributed by atoms with Crippen LogP contribution in [0.25, 0.3) is 0 Å². The molecule has 1 aromatic heterocycles. The molecule has 0 bridgehead atoms. The van der Waals surface area contributed by atoms with Crippen molar-refractivity contribution >= 4 is 12.3 Å². The maximum Gasteiger partial charge on any atom is 0.416 e. The van der Waals surface area contributed by atoms with Crippen molar-refractivity contribution < 1.29 is 32.2 Å². The van der Waals surface area contributed by atoms with Crippen molar-refractivity contribution in [2.24, 2.45) is 0 Å². The summed E-state index contributed by atoms with van der Waals surface area (Å²) in [5.41, 5.74) is 1.71. The van der Waals surface area contributed by atoms with E-state index in [-0.39, 0.29) is 23.8 Å². The number of nitrogens with one attached hydrogen (secondary N) is 1. The molecule has 0 radical (unpaired) electrons. The molecule has 2 aromatic rings. The summed E-state index contributed by atoms with van der Waals surface area (Å²) >= 11 is 0. The van der Waals surface area contributed by atoms with Crippen molar-refractivity contribution in [2.75, 3.05) is 45.7 Å². The van der Waals surface area contributed by atoms with Gasteiger partial charge in [0.05, 0.1) is 12.7 Å². The summed E-state index contributed by atoms with van der Waals surface area (Å²) in [4.78, 5) is 17.6. The van der Waals surface area contributed by atoms with Crippen LogP contribution in [0, 0.1) is 5.82 Å². The molecule has 222 valence electrons. The van der Waals surface area contributed by atoms with Crippen LogP contribution in [0.1, 0.15) is 67.5 Å². The fraction of sp³-hybridized carbons (Fsp3) is 0.586. The van der Waals surface area contributed by atoms with E-state index in [0.29, 0.717) is 12.1 Å². The zero-order valence-electron chi connectivity index (χ0n) is 23.4. The number of hydrogen-bond acceptors (Lipinski definition) is 6. The smallest absolute Gasteiger partial charge is 0.416 e. The maximum absolute atomic E-state index is 14.4. The highest BCUT2D eigenvalue weighted by atomic mass is 19.4. The van der Waals surface area contributed by atoms with Crippen molar-refractivity contribution in [1.29, 1.82) is 0 Å². The average molecular weight is 569 g/mol. The van der Waals surface area contributed by atoms with E-state index in [4.69, 9.17) is 19.6 Å². The Morgan fingerprint density at radius 3 is 2.73 bits per heavy atom. The van der Waals surface area contributed by atoms with Crippen molar-refractivity contribution in [3.05, 3.63) is 52.5 Å². The summed E-state index contributed by atoms with van der Waals surface area (Å²) in [6, 6.07) is 5.82. The second kappa shape index (κ2) is 14.6. The molecular formula is C29H40F4N4O3. The van der Waals surface area contributed by atoms with E-state index >= 15 is 0 Å². The number of hydrogen-bond donors (Lipinski definition) is 2. The average Bonchev–Trinajstić information content (AvgIpc) is 3.42. The van der Waals surface area contributed by atoms with Crippen molar-refractivity contribution in [3.8, 4) is 5.75 Å². The number of halogens is 4. The lowest BCUT2D eigenvalue weighted by Gasteiger charge is -2.29. The minimum Gasteiger partial charge on any atom is -0.493 e. The molecule has 7 nitrogen and oxygen atoms in total. The lowest BCUT2D eigenvalue weighted by atomic mass is 10.0. The summed E-state index contributed by atoms with van der Waals surface area (Å²) in [5.74, 6) is -0.0376. The minimum atomic E-state index is -4.61. The Labute approximate surface area is 233 Å². The van der Waals surface area contributed by atoms with Gasteiger partial charge in [0.1, 0.15) is 5.82 Å². The molecule has 11 heteroatoms. The number of nitrogens with zero attached hydrogens (tertiary/aromatic N) is 3. The number of benzene rings is 1. The molecule has 2 N–H and O–H groups in total. The van der Waals surface area contributed by atoms with Gasteiger partial charge in [-0.15, -0.1) is 0 Å². The number of fused-ring (bicyclic) bond motifs is 1. The van der Waals surface area contributed by atoms with Gasteiger partial charge in [-0.2, -0.15) is 13.2 Å². The molecular weight excluding hydrogens is 528 g/mol. The molecule has 2 atom stereocenters. The van der Waals surface area contributed by atoms with Crippen LogP contribution in [0.4, 0.5) is 23.4 Å². The predicted octanol–water partition coefficient (Wildman–Crippen LogP) is 5.79. The first-order valence-electron chi connectivity index (χ1n) is 13.8. The number of likely N-dealkylation sites (N-methyl/N-ethyl adjacent to an activating group) is 1. The highest BCUT2D eigenvalue weighted by molar-refractivity contribution is 5.47. The van der Waals surface area contributed by atoms with Crippen LogP contribution in [-0.2, 0) is 23.8 Å². The molecule has 2 aliphatic heterocycles. The molecule has 0 spiro atoms. The highest BCUT2D eigenvalue weighted by Gasteiger charge is 2.36.